The van der Waals surface area contributed by atoms with Crippen molar-refractivity contribution in [2.75, 3.05) is 13.1 Å². The lowest BCUT2D eigenvalue weighted by molar-refractivity contribution is 0.0492. The van der Waals surface area contributed by atoms with Crippen LogP contribution in [0.3, 0.4) is 0 Å². The van der Waals surface area contributed by atoms with Crippen molar-refractivity contribution in [3.8, 4) is 0 Å². The maximum absolute atomic E-state index is 6.26. The molecular weight excluding hydrogens is 256 g/mol. The summed E-state index contributed by atoms with van der Waals surface area (Å²) in [6.45, 7) is 9.78. The lowest BCUT2D eigenvalue weighted by Crippen LogP contribution is -2.55. The molecule has 0 heterocycles. The van der Waals surface area contributed by atoms with E-state index in [-0.39, 0.29) is 5.54 Å². The Bertz CT molecular complexity index is 427. The Morgan fingerprint density at radius 3 is 2.24 bits per heavy atom. The zero-order valence-electron chi connectivity index (χ0n) is 14.1. The van der Waals surface area contributed by atoms with Crippen LogP contribution in [0, 0.1) is 13.8 Å². The van der Waals surface area contributed by atoms with Gasteiger partial charge in [0.25, 0.3) is 0 Å². The Morgan fingerprint density at radius 1 is 1.10 bits per heavy atom. The van der Waals surface area contributed by atoms with E-state index >= 15 is 0 Å². The first-order valence-corrected chi connectivity index (χ1v) is 8.63. The summed E-state index contributed by atoms with van der Waals surface area (Å²) in [6.07, 6.45) is 7.80. The van der Waals surface area contributed by atoms with Crippen LogP contribution in [0.1, 0.15) is 62.1 Å². The van der Waals surface area contributed by atoms with E-state index in [2.05, 4.69) is 43.9 Å². The van der Waals surface area contributed by atoms with Gasteiger partial charge < -0.3 is 5.73 Å². The number of nitrogens with two attached hydrogens (primary N) is 1. The van der Waals surface area contributed by atoms with Gasteiger partial charge in [0.05, 0.1) is 0 Å². The zero-order chi connectivity index (χ0) is 15.3. The van der Waals surface area contributed by atoms with Crippen molar-refractivity contribution in [2.45, 2.75) is 71.4 Å². The van der Waals surface area contributed by atoms with E-state index in [1.165, 1.54) is 55.2 Å². The second kappa shape index (κ2) is 7.42. The van der Waals surface area contributed by atoms with E-state index in [4.69, 9.17) is 5.73 Å². The van der Waals surface area contributed by atoms with Gasteiger partial charge in [-0.05, 0) is 56.3 Å². The average molecular weight is 288 g/mol. The van der Waals surface area contributed by atoms with Gasteiger partial charge in [-0.3, -0.25) is 4.90 Å². The van der Waals surface area contributed by atoms with Crippen LogP contribution in [0.15, 0.2) is 18.2 Å². The molecule has 2 N–H and O–H groups in total. The molecule has 1 aliphatic rings. The molecule has 1 saturated carbocycles. The fraction of sp³-hybridized carbons (Fsp3) is 0.684. The molecule has 1 fully saturated rings. The van der Waals surface area contributed by atoms with Crippen molar-refractivity contribution in [3.63, 3.8) is 0 Å². The SMILES string of the molecule is CCCN(Cc1c(C)cccc1C)C1(CN)CCCCC1. The summed E-state index contributed by atoms with van der Waals surface area (Å²) in [7, 11) is 0. The maximum atomic E-state index is 6.26. The Morgan fingerprint density at radius 2 is 1.71 bits per heavy atom. The summed E-state index contributed by atoms with van der Waals surface area (Å²) < 4.78 is 0. The zero-order valence-corrected chi connectivity index (χ0v) is 14.1. The highest BCUT2D eigenvalue weighted by Gasteiger charge is 2.36. The minimum Gasteiger partial charge on any atom is -0.329 e. The predicted octanol–water partition coefficient (Wildman–Crippen LogP) is 4.18. The normalized spacial score (nSPS) is 18.1. The molecule has 1 aliphatic carbocycles. The van der Waals surface area contributed by atoms with Crippen LogP contribution in [-0.2, 0) is 6.54 Å². The number of nitrogens with zero attached hydrogens (tertiary/aromatic N) is 1. The van der Waals surface area contributed by atoms with Gasteiger partial charge in [0, 0.05) is 18.6 Å². The van der Waals surface area contributed by atoms with Crippen molar-refractivity contribution < 1.29 is 0 Å². The molecule has 0 aliphatic heterocycles. The number of hydrogen-bond acceptors (Lipinski definition) is 2. The number of hydrogen-bond donors (Lipinski definition) is 1. The maximum Gasteiger partial charge on any atom is 0.0335 e. The summed E-state index contributed by atoms with van der Waals surface area (Å²) in [4.78, 5) is 2.70. The quantitative estimate of drug-likeness (QED) is 0.851. The summed E-state index contributed by atoms with van der Waals surface area (Å²) in [5, 5.41) is 0. The monoisotopic (exact) mass is 288 g/mol. The number of rotatable bonds is 6. The van der Waals surface area contributed by atoms with Gasteiger partial charge in [-0.25, -0.2) is 0 Å². The van der Waals surface area contributed by atoms with Gasteiger partial charge in [0.15, 0.2) is 0 Å². The minimum absolute atomic E-state index is 0.239. The molecule has 0 spiro atoms. The van der Waals surface area contributed by atoms with Crippen molar-refractivity contribution >= 4 is 0 Å². The van der Waals surface area contributed by atoms with E-state index in [0.717, 1.165) is 19.6 Å². The van der Waals surface area contributed by atoms with E-state index < -0.39 is 0 Å². The van der Waals surface area contributed by atoms with E-state index in [9.17, 15) is 0 Å². The van der Waals surface area contributed by atoms with Gasteiger partial charge in [0.2, 0.25) is 0 Å². The second-order valence-corrected chi connectivity index (χ2v) is 6.78. The molecule has 21 heavy (non-hydrogen) atoms. The largest absolute Gasteiger partial charge is 0.329 e. The van der Waals surface area contributed by atoms with Gasteiger partial charge in [-0.1, -0.05) is 44.4 Å². The molecule has 2 heteroatoms. The van der Waals surface area contributed by atoms with Crippen LogP contribution in [0.4, 0.5) is 0 Å². The molecule has 0 aromatic heterocycles. The first-order chi connectivity index (χ1) is 10.1. The van der Waals surface area contributed by atoms with Crippen LogP contribution >= 0.6 is 0 Å². The highest BCUT2D eigenvalue weighted by molar-refractivity contribution is 5.33. The Balaban J connectivity index is 2.25. The topological polar surface area (TPSA) is 29.3 Å². The minimum atomic E-state index is 0.239. The molecule has 0 radical (unpaired) electrons. The number of aryl methyl sites for hydroxylation is 2. The Labute approximate surface area is 130 Å². The van der Waals surface area contributed by atoms with Crippen molar-refractivity contribution in [1.82, 2.24) is 4.90 Å². The van der Waals surface area contributed by atoms with Crippen LogP contribution in [-0.4, -0.2) is 23.5 Å². The molecule has 0 saturated heterocycles. The lowest BCUT2D eigenvalue weighted by Gasteiger charge is -2.46. The molecule has 0 atom stereocenters. The third-order valence-electron chi connectivity index (χ3n) is 5.32. The van der Waals surface area contributed by atoms with Gasteiger partial charge in [-0.2, -0.15) is 0 Å². The average Bonchev–Trinajstić information content (AvgIpc) is 2.50. The standard InChI is InChI=1S/C19H32N2/c1-4-13-21(19(15-20)11-6-5-7-12-19)14-18-16(2)9-8-10-17(18)3/h8-10H,4-7,11-15,20H2,1-3H3. The van der Waals surface area contributed by atoms with Crippen molar-refractivity contribution in [1.29, 1.82) is 0 Å². The summed E-state index contributed by atoms with van der Waals surface area (Å²) in [5.41, 5.74) is 10.8. The van der Waals surface area contributed by atoms with Crippen LogP contribution in [0.25, 0.3) is 0 Å². The smallest absolute Gasteiger partial charge is 0.0335 e. The molecule has 2 nitrogen and oxygen atoms in total. The van der Waals surface area contributed by atoms with E-state index in [1.54, 1.807) is 0 Å². The second-order valence-electron chi connectivity index (χ2n) is 6.78. The molecule has 1 aromatic rings. The van der Waals surface area contributed by atoms with Gasteiger partial charge >= 0.3 is 0 Å². The van der Waals surface area contributed by atoms with Crippen LogP contribution in [0.2, 0.25) is 0 Å². The van der Waals surface area contributed by atoms with Crippen LogP contribution < -0.4 is 5.73 Å². The fourth-order valence-electron chi connectivity index (χ4n) is 3.90. The molecule has 0 unspecified atom stereocenters. The third-order valence-corrected chi connectivity index (χ3v) is 5.32. The molecular formula is C19H32N2. The summed E-state index contributed by atoms with van der Waals surface area (Å²) >= 11 is 0. The van der Waals surface area contributed by atoms with Crippen molar-refractivity contribution in [2.24, 2.45) is 5.73 Å². The predicted molar refractivity (Wildman–Crippen MR) is 91.5 cm³/mol. The highest BCUT2D eigenvalue weighted by Crippen LogP contribution is 2.34. The van der Waals surface area contributed by atoms with Gasteiger partial charge in [0.1, 0.15) is 0 Å². The van der Waals surface area contributed by atoms with E-state index in [1.807, 2.05) is 0 Å². The first-order valence-electron chi connectivity index (χ1n) is 8.63. The van der Waals surface area contributed by atoms with Crippen molar-refractivity contribution in [3.05, 3.63) is 34.9 Å². The highest BCUT2D eigenvalue weighted by atomic mass is 15.2. The summed E-state index contributed by atoms with van der Waals surface area (Å²) in [5.74, 6) is 0. The van der Waals surface area contributed by atoms with Gasteiger partial charge in [-0.15, -0.1) is 0 Å². The summed E-state index contributed by atoms with van der Waals surface area (Å²) in [6, 6.07) is 6.64. The molecule has 118 valence electrons. The number of benzene rings is 1. The first kappa shape index (κ1) is 16.5. The lowest BCUT2D eigenvalue weighted by atomic mass is 9.79. The third kappa shape index (κ3) is 3.67. The van der Waals surface area contributed by atoms with E-state index in [0.29, 0.717) is 0 Å². The molecule has 1 aromatic carbocycles. The molecule has 0 amide bonds. The Kier molecular flexibility index (Phi) is 5.83. The molecule has 2 rings (SSSR count). The van der Waals surface area contributed by atoms with Crippen LogP contribution in [0.5, 0.6) is 0 Å². The Hall–Kier alpha value is -0.860. The fourth-order valence-corrected chi connectivity index (χ4v) is 3.90. The molecule has 0 bridgehead atoms.